The lowest BCUT2D eigenvalue weighted by Crippen LogP contribution is -2.39. The van der Waals surface area contributed by atoms with E-state index >= 15 is 0 Å². The Morgan fingerprint density at radius 2 is 1.79 bits per heavy atom. The summed E-state index contributed by atoms with van der Waals surface area (Å²) in [6.45, 7) is 5.80. The lowest BCUT2D eigenvalue weighted by Gasteiger charge is -2.26. The monoisotopic (exact) mass is 356 g/mol. The van der Waals surface area contributed by atoms with Gasteiger partial charge in [-0.2, -0.15) is 0 Å². The second-order valence-corrected chi connectivity index (χ2v) is 7.41. The Morgan fingerprint density at radius 3 is 2.25 bits per heavy atom. The van der Waals surface area contributed by atoms with Crippen molar-refractivity contribution in [3.63, 3.8) is 0 Å². The topological polar surface area (TPSA) is 104 Å². The van der Waals surface area contributed by atoms with E-state index in [4.69, 9.17) is 5.11 Å². The van der Waals surface area contributed by atoms with Crippen LogP contribution in [0.15, 0.2) is 29.2 Å². The highest BCUT2D eigenvalue weighted by atomic mass is 32.2. The predicted octanol–water partition coefficient (Wildman–Crippen LogP) is 1.24. The van der Waals surface area contributed by atoms with Crippen LogP contribution in [0.2, 0.25) is 0 Å². The first-order chi connectivity index (χ1) is 11.2. The summed E-state index contributed by atoms with van der Waals surface area (Å²) in [5.74, 6) is -1.14. The van der Waals surface area contributed by atoms with Crippen LogP contribution < -0.4 is 4.72 Å². The molecule has 0 saturated carbocycles. The van der Waals surface area contributed by atoms with Crippen molar-refractivity contribution in [3.8, 4) is 0 Å². The SMILES string of the molecule is CCNS(=O)(=O)c1ccc(CC(=O)N(CCC(=O)O)C(C)C)cc1. The number of carboxylic acids is 1. The second kappa shape index (κ2) is 8.79. The number of aliphatic carboxylic acids is 1. The quantitative estimate of drug-likeness (QED) is 0.693. The van der Waals surface area contributed by atoms with Crippen molar-refractivity contribution in [1.29, 1.82) is 0 Å². The molecule has 7 nitrogen and oxygen atoms in total. The number of benzene rings is 1. The van der Waals surface area contributed by atoms with Gasteiger partial charge in [-0.15, -0.1) is 0 Å². The molecule has 1 amide bonds. The fraction of sp³-hybridized carbons (Fsp3) is 0.500. The Balaban J connectivity index is 2.80. The smallest absolute Gasteiger partial charge is 0.305 e. The molecule has 0 spiro atoms. The van der Waals surface area contributed by atoms with Crippen LogP contribution in [0.1, 0.15) is 32.8 Å². The number of nitrogens with one attached hydrogen (secondary N) is 1. The van der Waals surface area contributed by atoms with Gasteiger partial charge in [-0.3, -0.25) is 9.59 Å². The van der Waals surface area contributed by atoms with Crippen molar-refractivity contribution >= 4 is 21.9 Å². The normalized spacial score (nSPS) is 11.5. The summed E-state index contributed by atoms with van der Waals surface area (Å²) in [5.41, 5.74) is 0.677. The summed E-state index contributed by atoms with van der Waals surface area (Å²) in [5, 5.41) is 8.77. The minimum atomic E-state index is -3.51. The van der Waals surface area contributed by atoms with Crippen LogP contribution in [-0.2, 0) is 26.0 Å². The first-order valence-corrected chi connectivity index (χ1v) is 9.25. The zero-order chi connectivity index (χ0) is 18.3. The van der Waals surface area contributed by atoms with E-state index in [1.54, 1.807) is 19.1 Å². The van der Waals surface area contributed by atoms with Crippen molar-refractivity contribution in [2.75, 3.05) is 13.1 Å². The number of carboxylic acid groups (broad SMARTS) is 1. The third-order valence-corrected chi connectivity index (χ3v) is 5.00. The first kappa shape index (κ1) is 20.1. The minimum absolute atomic E-state index is 0.0966. The molecule has 0 saturated heterocycles. The Hall–Kier alpha value is -1.93. The van der Waals surface area contributed by atoms with Crippen molar-refractivity contribution in [3.05, 3.63) is 29.8 Å². The molecule has 0 unspecified atom stereocenters. The van der Waals surface area contributed by atoms with Gasteiger partial charge in [0.1, 0.15) is 0 Å². The van der Waals surface area contributed by atoms with Crippen LogP contribution in [0.5, 0.6) is 0 Å². The average Bonchev–Trinajstić information content (AvgIpc) is 2.47. The molecular weight excluding hydrogens is 332 g/mol. The molecule has 0 aliphatic carbocycles. The van der Waals surface area contributed by atoms with Crippen molar-refractivity contribution in [2.24, 2.45) is 0 Å². The molecule has 0 heterocycles. The Morgan fingerprint density at radius 1 is 1.21 bits per heavy atom. The maximum atomic E-state index is 12.4. The van der Waals surface area contributed by atoms with E-state index < -0.39 is 16.0 Å². The number of hydrogen-bond donors (Lipinski definition) is 2. The molecule has 1 aromatic carbocycles. The fourth-order valence-electron chi connectivity index (χ4n) is 2.22. The Labute approximate surface area is 142 Å². The summed E-state index contributed by atoms with van der Waals surface area (Å²) < 4.78 is 26.1. The van der Waals surface area contributed by atoms with Gasteiger partial charge in [-0.1, -0.05) is 19.1 Å². The van der Waals surface area contributed by atoms with Gasteiger partial charge in [-0.05, 0) is 31.5 Å². The highest BCUT2D eigenvalue weighted by Crippen LogP contribution is 2.12. The maximum Gasteiger partial charge on any atom is 0.305 e. The molecule has 134 valence electrons. The van der Waals surface area contributed by atoms with Crippen molar-refractivity contribution in [2.45, 2.75) is 44.6 Å². The predicted molar refractivity (Wildman–Crippen MR) is 90.1 cm³/mol. The van der Waals surface area contributed by atoms with E-state index in [-0.39, 0.29) is 36.2 Å². The third kappa shape index (κ3) is 5.93. The van der Waals surface area contributed by atoms with Crippen LogP contribution in [0.4, 0.5) is 0 Å². The number of sulfonamides is 1. The minimum Gasteiger partial charge on any atom is -0.481 e. The standard InChI is InChI=1S/C16H24N2O5S/c1-4-17-24(22,23)14-7-5-13(6-8-14)11-15(19)18(12(2)3)10-9-16(20)21/h5-8,12,17H,4,9-11H2,1-3H3,(H,20,21). The highest BCUT2D eigenvalue weighted by Gasteiger charge is 2.19. The molecule has 0 radical (unpaired) electrons. The maximum absolute atomic E-state index is 12.4. The highest BCUT2D eigenvalue weighted by molar-refractivity contribution is 7.89. The molecule has 1 rings (SSSR count). The van der Waals surface area contributed by atoms with Crippen molar-refractivity contribution < 1.29 is 23.1 Å². The summed E-state index contributed by atoms with van der Waals surface area (Å²) in [6.07, 6.45) is -0.0108. The van der Waals surface area contributed by atoms with E-state index in [1.165, 1.54) is 17.0 Å². The van der Waals surface area contributed by atoms with Crippen LogP contribution in [0.25, 0.3) is 0 Å². The number of rotatable bonds is 9. The van der Waals surface area contributed by atoms with Gasteiger partial charge in [0.25, 0.3) is 0 Å². The molecule has 0 aliphatic rings. The second-order valence-electron chi connectivity index (χ2n) is 5.65. The summed E-state index contributed by atoms with van der Waals surface area (Å²) in [4.78, 5) is 24.7. The Kier molecular flexibility index (Phi) is 7.37. The number of hydrogen-bond acceptors (Lipinski definition) is 4. The number of amides is 1. The van der Waals surface area contributed by atoms with Gasteiger partial charge in [0.05, 0.1) is 17.7 Å². The van der Waals surface area contributed by atoms with Gasteiger partial charge in [0.2, 0.25) is 15.9 Å². The summed E-state index contributed by atoms with van der Waals surface area (Å²) >= 11 is 0. The lowest BCUT2D eigenvalue weighted by atomic mass is 10.1. The third-order valence-electron chi connectivity index (χ3n) is 3.43. The van der Waals surface area contributed by atoms with E-state index in [9.17, 15) is 18.0 Å². The van der Waals surface area contributed by atoms with Gasteiger partial charge in [0, 0.05) is 19.1 Å². The van der Waals surface area contributed by atoms with Crippen LogP contribution in [0.3, 0.4) is 0 Å². The average molecular weight is 356 g/mol. The van der Waals surface area contributed by atoms with E-state index in [0.717, 1.165) is 0 Å². The zero-order valence-corrected chi connectivity index (χ0v) is 15.0. The molecule has 1 aromatic rings. The fourth-order valence-corrected chi connectivity index (χ4v) is 3.26. The molecule has 2 N–H and O–H groups in total. The largest absolute Gasteiger partial charge is 0.481 e. The first-order valence-electron chi connectivity index (χ1n) is 7.77. The van der Waals surface area contributed by atoms with Crippen molar-refractivity contribution in [1.82, 2.24) is 9.62 Å². The summed E-state index contributed by atoms with van der Waals surface area (Å²) in [7, 11) is -3.51. The van der Waals surface area contributed by atoms with Crippen LogP contribution in [-0.4, -0.2) is 49.4 Å². The number of nitrogens with zero attached hydrogens (tertiary/aromatic N) is 1. The van der Waals surface area contributed by atoms with Gasteiger partial charge < -0.3 is 10.0 Å². The van der Waals surface area contributed by atoms with E-state index in [2.05, 4.69) is 4.72 Å². The van der Waals surface area contributed by atoms with Crippen LogP contribution >= 0.6 is 0 Å². The lowest BCUT2D eigenvalue weighted by molar-refractivity contribution is -0.139. The molecule has 0 bridgehead atoms. The number of carbonyl (C=O) groups excluding carboxylic acids is 1. The van der Waals surface area contributed by atoms with E-state index in [0.29, 0.717) is 12.1 Å². The molecule has 8 heteroatoms. The van der Waals surface area contributed by atoms with Crippen LogP contribution in [0, 0.1) is 0 Å². The van der Waals surface area contributed by atoms with Gasteiger partial charge in [0.15, 0.2) is 0 Å². The summed E-state index contributed by atoms with van der Waals surface area (Å²) in [6, 6.07) is 6.00. The zero-order valence-electron chi connectivity index (χ0n) is 14.2. The van der Waals surface area contributed by atoms with Gasteiger partial charge >= 0.3 is 5.97 Å². The van der Waals surface area contributed by atoms with Gasteiger partial charge in [-0.25, -0.2) is 13.1 Å². The Bertz CT molecular complexity index is 668. The number of carbonyl (C=O) groups is 2. The molecule has 0 atom stereocenters. The molecule has 24 heavy (non-hydrogen) atoms. The van der Waals surface area contributed by atoms with E-state index in [1.807, 2.05) is 13.8 Å². The molecule has 0 aromatic heterocycles. The molecular formula is C16H24N2O5S. The molecule has 0 aliphatic heterocycles. The molecule has 0 fully saturated rings.